The summed E-state index contributed by atoms with van der Waals surface area (Å²) in [7, 11) is 0. The average molecular weight is 201 g/mol. The zero-order valence-corrected chi connectivity index (χ0v) is 9.35. The summed E-state index contributed by atoms with van der Waals surface area (Å²) in [6.07, 6.45) is 1.69. The molecule has 1 heterocycles. The van der Waals surface area contributed by atoms with Gasteiger partial charge in [-0.2, -0.15) is 0 Å². The average Bonchev–Trinajstić information content (AvgIpc) is 2.48. The van der Waals surface area contributed by atoms with Crippen LogP contribution in [0.4, 0.5) is 0 Å². The molecule has 82 valence electrons. The second-order valence-corrected chi connectivity index (χ2v) is 4.83. The number of carbonyl (C=O) groups is 1. The molecule has 1 aliphatic rings. The Kier molecular flexibility index (Phi) is 3.17. The third-order valence-electron chi connectivity index (χ3n) is 2.15. The zero-order chi connectivity index (χ0) is 10.8. The molecule has 0 spiro atoms. The molecule has 0 aromatic carbocycles. The van der Waals surface area contributed by atoms with E-state index in [1.807, 2.05) is 20.8 Å². The number of hydroxylamine groups is 1. The number of carbonyl (C=O) groups excluding carboxylic acids is 1. The van der Waals surface area contributed by atoms with Gasteiger partial charge in [0, 0.05) is 6.61 Å². The third kappa shape index (κ3) is 2.96. The highest BCUT2D eigenvalue weighted by Gasteiger charge is 2.38. The van der Waals surface area contributed by atoms with E-state index in [2.05, 4.69) is 5.48 Å². The Balaban J connectivity index is 2.42. The third-order valence-corrected chi connectivity index (χ3v) is 2.15. The van der Waals surface area contributed by atoms with E-state index >= 15 is 0 Å². The highest BCUT2D eigenvalue weighted by Crippen LogP contribution is 2.25. The van der Waals surface area contributed by atoms with Gasteiger partial charge < -0.3 is 4.74 Å². The number of amides is 1. The summed E-state index contributed by atoms with van der Waals surface area (Å²) in [6, 6.07) is 0. The smallest absolute Gasteiger partial charge is 0.275 e. The Morgan fingerprint density at radius 2 is 2.14 bits per heavy atom. The topological polar surface area (TPSA) is 47.6 Å². The molecule has 1 atom stereocenters. The van der Waals surface area contributed by atoms with Crippen LogP contribution in [0.25, 0.3) is 0 Å². The van der Waals surface area contributed by atoms with Crippen molar-refractivity contribution in [1.29, 1.82) is 0 Å². The van der Waals surface area contributed by atoms with Gasteiger partial charge in [-0.25, -0.2) is 5.48 Å². The van der Waals surface area contributed by atoms with Gasteiger partial charge in [0.25, 0.3) is 5.91 Å². The molecule has 1 aliphatic heterocycles. The Hall–Kier alpha value is -0.610. The van der Waals surface area contributed by atoms with Crippen LogP contribution in [-0.2, 0) is 14.4 Å². The van der Waals surface area contributed by atoms with E-state index in [1.165, 1.54) is 0 Å². The number of hydrogen-bond donors (Lipinski definition) is 1. The Morgan fingerprint density at radius 1 is 1.50 bits per heavy atom. The molecule has 0 saturated carbocycles. The van der Waals surface area contributed by atoms with Crippen molar-refractivity contribution in [3.05, 3.63) is 0 Å². The van der Waals surface area contributed by atoms with Crippen LogP contribution in [0.2, 0.25) is 0 Å². The van der Waals surface area contributed by atoms with Crippen molar-refractivity contribution in [3.63, 3.8) is 0 Å². The van der Waals surface area contributed by atoms with Gasteiger partial charge in [-0.05, 0) is 40.5 Å². The molecular formula is C10H19NO3. The molecule has 1 saturated heterocycles. The summed E-state index contributed by atoms with van der Waals surface area (Å²) >= 11 is 0. The molecule has 1 rings (SSSR count). The molecule has 0 aromatic rings. The minimum atomic E-state index is -0.703. The largest absolute Gasteiger partial charge is 0.365 e. The second-order valence-electron chi connectivity index (χ2n) is 4.83. The van der Waals surface area contributed by atoms with Crippen LogP contribution in [-0.4, -0.2) is 23.7 Å². The standard InChI is InChI=1S/C10H19NO3/c1-9(2,3)14-11-8(12)10(4)6-5-7-13-10/h5-7H2,1-4H3,(H,11,12). The van der Waals surface area contributed by atoms with Gasteiger partial charge in [0.2, 0.25) is 0 Å². The molecule has 1 N–H and O–H groups in total. The van der Waals surface area contributed by atoms with Crippen LogP contribution in [0.15, 0.2) is 0 Å². The maximum Gasteiger partial charge on any atom is 0.275 e. The maximum absolute atomic E-state index is 11.7. The van der Waals surface area contributed by atoms with Gasteiger partial charge >= 0.3 is 0 Å². The van der Waals surface area contributed by atoms with Gasteiger partial charge in [-0.3, -0.25) is 9.63 Å². The van der Waals surface area contributed by atoms with Gasteiger partial charge in [-0.15, -0.1) is 0 Å². The lowest BCUT2D eigenvalue weighted by Crippen LogP contribution is -2.46. The number of rotatable bonds is 2. The quantitative estimate of drug-likeness (QED) is 0.687. The van der Waals surface area contributed by atoms with Crippen LogP contribution in [0.1, 0.15) is 40.5 Å². The Morgan fingerprint density at radius 3 is 2.57 bits per heavy atom. The van der Waals surface area contributed by atoms with Crippen molar-refractivity contribution >= 4 is 5.91 Å². The first-order chi connectivity index (χ1) is 6.33. The molecule has 1 amide bonds. The van der Waals surface area contributed by atoms with Crippen molar-refractivity contribution in [2.45, 2.75) is 51.7 Å². The van der Waals surface area contributed by atoms with Crippen molar-refractivity contribution in [1.82, 2.24) is 5.48 Å². The normalized spacial score (nSPS) is 27.7. The SMILES string of the molecule is CC(C)(C)ONC(=O)C1(C)CCCO1. The molecule has 0 aliphatic carbocycles. The summed E-state index contributed by atoms with van der Waals surface area (Å²) in [5, 5.41) is 0. The fourth-order valence-electron chi connectivity index (χ4n) is 1.27. The van der Waals surface area contributed by atoms with Crippen molar-refractivity contribution in [2.24, 2.45) is 0 Å². The summed E-state index contributed by atoms with van der Waals surface area (Å²) in [6.45, 7) is 8.09. The lowest BCUT2D eigenvalue weighted by molar-refractivity contribution is -0.163. The maximum atomic E-state index is 11.7. The molecule has 14 heavy (non-hydrogen) atoms. The molecule has 1 fully saturated rings. The molecule has 4 nitrogen and oxygen atoms in total. The highest BCUT2D eigenvalue weighted by molar-refractivity contribution is 5.84. The second kappa shape index (κ2) is 3.87. The number of ether oxygens (including phenoxy) is 1. The fraction of sp³-hybridized carbons (Fsp3) is 0.900. The molecular weight excluding hydrogens is 182 g/mol. The van der Waals surface area contributed by atoms with Crippen LogP contribution < -0.4 is 5.48 Å². The molecule has 0 bridgehead atoms. The van der Waals surface area contributed by atoms with Gasteiger partial charge in [0.05, 0.1) is 5.60 Å². The highest BCUT2D eigenvalue weighted by atomic mass is 16.7. The van der Waals surface area contributed by atoms with E-state index in [0.717, 1.165) is 12.8 Å². The van der Waals surface area contributed by atoms with E-state index < -0.39 is 5.60 Å². The monoisotopic (exact) mass is 201 g/mol. The fourth-order valence-corrected chi connectivity index (χ4v) is 1.27. The first-order valence-electron chi connectivity index (χ1n) is 4.96. The van der Waals surface area contributed by atoms with E-state index in [-0.39, 0.29) is 11.5 Å². The number of hydrogen-bond acceptors (Lipinski definition) is 3. The Bertz CT molecular complexity index is 214. The number of nitrogens with one attached hydrogen (secondary N) is 1. The van der Waals surface area contributed by atoms with Crippen molar-refractivity contribution in [2.75, 3.05) is 6.61 Å². The van der Waals surface area contributed by atoms with E-state index in [0.29, 0.717) is 6.61 Å². The first kappa shape index (κ1) is 11.5. The minimum Gasteiger partial charge on any atom is -0.365 e. The van der Waals surface area contributed by atoms with Crippen LogP contribution >= 0.6 is 0 Å². The van der Waals surface area contributed by atoms with E-state index in [1.54, 1.807) is 6.92 Å². The first-order valence-corrected chi connectivity index (χ1v) is 4.96. The summed E-state index contributed by atoms with van der Waals surface area (Å²) in [5.74, 6) is -0.190. The minimum absolute atomic E-state index is 0.190. The van der Waals surface area contributed by atoms with E-state index in [9.17, 15) is 4.79 Å². The van der Waals surface area contributed by atoms with Crippen LogP contribution in [0.3, 0.4) is 0 Å². The van der Waals surface area contributed by atoms with Crippen molar-refractivity contribution in [3.8, 4) is 0 Å². The molecule has 0 aromatic heterocycles. The molecule has 4 heteroatoms. The lowest BCUT2D eigenvalue weighted by atomic mass is 10.0. The zero-order valence-electron chi connectivity index (χ0n) is 9.35. The van der Waals surface area contributed by atoms with Gasteiger partial charge in [-0.1, -0.05) is 0 Å². The predicted octanol–water partition coefficient (Wildman–Crippen LogP) is 1.40. The van der Waals surface area contributed by atoms with Gasteiger partial charge in [0.15, 0.2) is 0 Å². The molecule has 0 radical (unpaired) electrons. The lowest BCUT2D eigenvalue weighted by Gasteiger charge is -2.25. The predicted molar refractivity (Wildman–Crippen MR) is 52.6 cm³/mol. The van der Waals surface area contributed by atoms with Crippen LogP contribution in [0.5, 0.6) is 0 Å². The summed E-state index contributed by atoms with van der Waals surface area (Å²) < 4.78 is 5.38. The van der Waals surface area contributed by atoms with Crippen LogP contribution in [0, 0.1) is 0 Å². The van der Waals surface area contributed by atoms with Gasteiger partial charge in [0.1, 0.15) is 5.60 Å². The van der Waals surface area contributed by atoms with E-state index in [4.69, 9.17) is 9.57 Å². The summed E-state index contributed by atoms with van der Waals surface area (Å²) in [4.78, 5) is 16.8. The van der Waals surface area contributed by atoms with Crippen molar-refractivity contribution < 1.29 is 14.4 Å². The summed E-state index contributed by atoms with van der Waals surface area (Å²) in [5.41, 5.74) is 1.37. The Labute approximate surface area is 84.9 Å². The molecule has 1 unspecified atom stereocenters.